The summed E-state index contributed by atoms with van der Waals surface area (Å²) < 4.78 is 5.40. The first-order chi connectivity index (χ1) is 23.4. The van der Waals surface area contributed by atoms with Crippen molar-refractivity contribution >= 4 is 29.5 Å². The summed E-state index contributed by atoms with van der Waals surface area (Å²) in [5.74, 6) is 0.839. The van der Waals surface area contributed by atoms with Crippen molar-refractivity contribution in [2.24, 2.45) is 5.92 Å². The van der Waals surface area contributed by atoms with E-state index in [1.807, 2.05) is 4.90 Å². The molecule has 0 aliphatic carbocycles. The number of aliphatic hydroxyl groups is 2. The number of ether oxygens (including phenoxy) is 1. The lowest BCUT2D eigenvalue weighted by Gasteiger charge is -2.23. The van der Waals surface area contributed by atoms with Crippen LogP contribution in [0.15, 0.2) is 0 Å². The minimum atomic E-state index is -0.627. The quantitative estimate of drug-likeness (QED) is 0.0406. The van der Waals surface area contributed by atoms with E-state index in [2.05, 4.69) is 31.4 Å². The van der Waals surface area contributed by atoms with E-state index in [4.69, 9.17) is 4.74 Å². The lowest BCUT2D eigenvalue weighted by molar-refractivity contribution is -0.143. The molecule has 0 aromatic rings. The molecule has 48 heavy (non-hydrogen) atoms. The highest BCUT2D eigenvalue weighted by molar-refractivity contribution is 7.99. The Balaban J connectivity index is 5.03. The first kappa shape index (κ1) is 46.6. The van der Waals surface area contributed by atoms with Crippen molar-refractivity contribution in [2.45, 2.75) is 162 Å². The van der Waals surface area contributed by atoms with Gasteiger partial charge in [-0.15, -0.1) is 0 Å². The molecule has 0 saturated carbocycles. The van der Waals surface area contributed by atoms with Crippen molar-refractivity contribution in [3.8, 4) is 0 Å². The van der Waals surface area contributed by atoms with Gasteiger partial charge in [-0.05, 0) is 44.4 Å². The lowest BCUT2D eigenvalue weighted by Crippen LogP contribution is -2.49. The Labute approximate surface area is 298 Å². The van der Waals surface area contributed by atoms with Crippen LogP contribution >= 0.6 is 11.8 Å². The molecule has 4 N–H and O–H groups in total. The molecule has 0 aromatic carbocycles. The van der Waals surface area contributed by atoms with Crippen LogP contribution in [-0.4, -0.2) is 96.4 Å². The molecule has 0 spiro atoms. The van der Waals surface area contributed by atoms with E-state index in [9.17, 15) is 24.6 Å². The number of nitrogens with one attached hydrogen (secondary N) is 2. The average molecular weight is 702 g/mol. The Hall–Kier alpha value is -1.36. The van der Waals surface area contributed by atoms with Crippen LogP contribution in [0.5, 0.6) is 0 Å². The van der Waals surface area contributed by atoms with Gasteiger partial charge in [-0.25, -0.2) is 0 Å². The largest absolute Gasteiger partial charge is 0.466 e. The molecule has 0 aromatic heterocycles. The van der Waals surface area contributed by atoms with E-state index >= 15 is 0 Å². The molecule has 0 aliphatic heterocycles. The molecule has 0 aliphatic rings. The third-order valence-corrected chi connectivity index (χ3v) is 9.88. The number of thioether (sulfide) groups is 1. The number of carbonyl (C=O) groups excluding carboxylic acids is 3. The second-order valence-corrected chi connectivity index (χ2v) is 14.5. The van der Waals surface area contributed by atoms with E-state index in [1.54, 1.807) is 11.8 Å². The second-order valence-electron chi connectivity index (χ2n) is 13.2. The van der Waals surface area contributed by atoms with Crippen LogP contribution in [0.3, 0.4) is 0 Å². The third kappa shape index (κ3) is 28.5. The second kappa shape index (κ2) is 35.5. The molecule has 0 rings (SSSR count). The first-order valence-corrected chi connectivity index (χ1v) is 20.8. The zero-order chi connectivity index (χ0) is 35.5. The fourth-order valence-corrected chi connectivity index (χ4v) is 6.73. The molecular formula is C38H75N3O6S. The molecule has 2 amide bonds. The van der Waals surface area contributed by atoms with Crippen molar-refractivity contribution in [2.75, 3.05) is 57.5 Å². The van der Waals surface area contributed by atoms with Gasteiger partial charge in [0.15, 0.2) is 0 Å². The Morgan fingerprint density at radius 1 is 0.646 bits per heavy atom. The molecule has 9 nitrogen and oxygen atoms in total. The number of carbonyl (C=O) groups is 3. The van der Waals surface area contributed by atoms with Gasteiger partial charge in [0.1, 0.15) is 6.04 Å². The van der Waals surface area contributed by atoms with Crippen LogP contribution in [0.2, 0.25) is 0 Å². The summed E-state index contributed by atoms with van der Waals surface area (Å²) in [6.07, 6.45) is 21.8. The zero-order valence-corrected chi connectivity index (χ0v) is 32.1. The van der Waals surface area contributed by atoms with Gasteiger partial charge in [-0.2, -0.15) is 11.8 Å². The number of nitrogens with zero attached hydrogens (tertiary/aromatic N) is 1. The fraction of sp³-hybridized carbons (Fsp3) is 0.921. The van der Waals surface area contributed by atoms with E-state index in [-0.39, 0.29) is 36.9 Å². The van der Waals surface area contributed by atoms with Crippen molar-refractivity contribution < 1.29 is 29.3 Å². The summed E-state index contributed by atoms with van der Waals surface area (Å²) >= 11 is 1.62. The van der Waals surface area contributed by atoms with E-state index in [0.717, 1.165) is 57.8 Å². The summed E-state index contributed by atoms with van der Waals surface area (Å²) in [7, 11) is 0. The van der Waals surface area contributed by atoms with E-state index in [1.165, 1.54) is 57.8 Å². The lowest BCUT2D eigenvalue weighted by atomic mass is 9.93. The number of rotatable bonds is 36. The highest BCUT2D eigenvalue weighted by Gasteiger charge is 2.25. The molecule has 0 heterocycles. The van der Waals surface area contributed by atoms with Crippen LogP contribution in [0.1, 0.15) is 156 Å². The standard InChI is InChI=1S/C38H75N3O6S/c1-4-7-10-13-15-18-22-34(21-17-12-9-6-3)37(45)40-35(38(46)39-25-20-26-41(27-29-42)28-30-43)23-32-48-33-24-36(44)47-31-19-16-14-11-8-5-2/h34-35,42-43H,4-33H2,1-3H3,(H,39,46)(H,40,45). The fourth-order valence-electron chi connectivity index (χ4n) is 5.81. The molecule has 2 unspecified atom stereocenters. The Morgan fingerprint density at radius 2 is 1.19 bits per heavy atom. The number of esters is 1. The van der Waals surface area contributed by atoms with Crippen LogP contribution in [0.4, 0.5) is 0 Å². The predicted octanol–water partition coefficient (Wildman–Crippen LogP) is 7.02. The predicted molar refractivity (Wildman–Crippen MR) is 201 cm³/mol. The van der Waals surface area contributed by atoms with Gasteiger partial charge in [0, 0.05) is 31.3 Å². The molecule has 2 atom stereocenters. The zero-order valence-electron chi connectivity index (χ0n) is 31.3. The maximum atomic E-state index is 13.6. The molecule has 10 heteroatoms. The van der Waals surface area contributed by atoms with Crippen molar-refractivity contribution in [1.29, 1.82) is 0 Å². The molecule has 284 valence electrons. The van der Waals surface area contributed by atoms with Gasteiger partial charge in [0.05, 0.1) is 26.2 Å². The highest BCUT2D eigenvalue weighted by Crippen LogP contribution is 2.20. The maximum Gasteiger partial charge on any atom is 0.306 e. The van der Waals surface area contributed by atoms with Crippen molar-refractivity contribution in [3.63, 3.8) is 0 Å². The van der Waals surface area contributed by atoms with Gasteiger partial charge in [0.2, 0.25) is 11.8 Å². The Morgan fingerprint density at radius 3 is 1.77 bits per heavy atom. The minimum absolute atomic E-state index is 0.0134. The smallest absolute Gasteiger partial charge is 0.306 e. The summed E-state index contributed by atoms with van der Waals surface area (Å²) in [5.41, 5.74) is 0. The van der Waals surface area contributed by atoms with Gasteiger partial charge in [-0.1, -0.05) is 117 Å². The van der Waals surface area contributed by atoms with Crippen molar-refractivity contribution in [3.05, 3.63) is 0 Å². The maximum absolute atomic E-state index is 13.6. The third-order valence-electron chi connectivity index (χ3n) is 8.86. The number of unbranched alkanes of at least 4 members (excludes halogenated alkanes) is 13. The van der Waals surface area contributed by atoms with E-state index < -0.39 is 6.04 Å². The monoisotopic (exact) mass is 702 g/mol. The number of amides is 2. The molecular weight excluding hydrogens is 627 g/mol. The normalized spacial score (nSPS) is 12.6. The van der Waals surface area contributed by atoms with Crippen LogP contribution in [0, 0.1) is 5.92 Å². The SMILES string of the molecule is CCCCCCCCOC(=O)CCSCCC(NC(=O)C(CCCCCC)CCCCCCCC)C(=O)NCCCN(CCO)CCO. The number of hydrogen-bond donors (Lipinski definition) is 4. The highest BCUT2D eigenvalue weighted by atomic mass is 32.2. The number of aliphatic hydroxyl groups excluding tert-OH is 2. The van der Waals surface area contributed by atoms with Gasteiger partial charge < -0.3 is 25.6 Å². The Kier molecular flexibility index (Phi) is 34.5. The van der Waals surface area contributed by atoms with Crippen LogP contribution in [0.25, 0.3) is 0 Å². The Bertz CT molecular complexity index is 754. The minimum Gasteiger partial charge on any atom is -0.466 e. The van der Waals surface area contributed by atoms with Gasteiger partial charge in [0.25, 0.3) is 0 Å². The van der Waals surface area contributed by atoms with E-state index in [0.29, 0.717) is 63.6 Å². The molecule has 0 saturated heterocycles. The van der Waals surface area contributed by atoms with Crippen LogP contribution in [-0.2, 0) is 19.1 Å². The summed E-state index contributed by atoms with van der Waals surface area (Å²) in [5, 5.41) is 24.7. The van der Waals surface area contributed by atoms with Crippen molar-refractivity contribution in [1.82, 2.24) is 15.5 Å². The average Bonchev–Trinajstić information content (AvgIpc) is 3.07. The molecule has 0 fully saturated rings. The molecule has 0 radical (unpaired) electrons. The topological polar surface area (TPSA) is 128 Å². The van der Waals surface area contributed by atoms with Gasteiger partial charge >= 0.3 is 5.97 Å². The first-order valence-electron chi connectivity index (χ1n) is 19.7. The van der Waals surface area contributed by atoms with Gasteiger partial charge in [-0.3, -0.25) is 19.3 Å². The summed E-state index contributed by atoms with van der Waals surface area (Å²) in [4.78, 5) is 41.1. The summed E-state index contributed by atoms with van der Waals surface area (Å²) in [6, 6.07) is -0.627. The summed E-state index contributed by atoms with van der Waals surface area (Å²) in [6.45, 7) is 9.21. The number of hydrogen-bond acceptors (Lipinski definition) is 8. The molecule has 0 bridgehead atoms. The van der Waals surface area contributed by atoms with Crippen LogP contribution < -0.4 is 10.6 Å².